The van der Waals surface area contributed by atoms with Crippen LogP contribution in [-0.4, -0.2) is 122 Å². The predicted octanol–water partition coefficient (Wildman–Crippen LogP) is 5.00. The number of fused-ring (bicyclic) bond motifs is 1. The van der Waals surface area contributed by atoms with Crippen molar-refractivity contribution < 1.29 is 37.4 Å². The molecule has 5 aromatic rings. The number of carbonyl (C=O) groups is 3. The van der Waals surface area contributed by atoms with Gasteiger partial charge in [0, 0.05) is 63.3 Å². The van der Waals surface area contributed by atoms with Gasteiger partial charge in [0.1, 0.15) is 11.9 Å². The van der Waals surface area contributed by atoms with Crippen molar-refractivity contribution in [1.82, 2.24) is 40.0 Å². The van der Waals surface area contributed by atoms with E-state index in [4.69, 9.17) is 14.7 Å². The Kier molecular flexibility index (Phi) is 12.9. The number of aromatic nitrogens is 5. The monoisotopic (exact) mass is 869 g/mol. The SMILES string of the molecule is CCC(=O)N[C@H]1C[C@@H](n2cnc3c(NCC(c4ccccc4)c4ccccc4)nc(N[C@@H]4CCN(C(=O)NC5CCN(c6ccccn6)CC5)C4)nc32)[C@H](O)[C@@H]1OC(=O)C(F)(F)F. The highest BCUT2D eigenvalue weighted by atomic mass is 19.4. The maximum absolute atomic E-state index is 13.5. The molecule has 0 radical (unpaired) electrons. The van der Waals surface area contributed by atoms with E-state index in [1.165, 1.54) is 10.9 Å². The minimum absolute atomic E-state index is 0.0156. The average molecular weight is 870 g/mol. The third kappa shape index (κ3) is 9.93. The van der Waals surface area contributed by atoms with Crippen LogP contribution in [0.5, 0.6) is 0 Å². The summed E-state index contributed by atoms with van der Waals surface area (Å²) < 4.78 is 46.5. The molecule has 3 amide bonds. The van der Waals surface area contributed by atoms with Crippen molar-refractivity contribution in [2.24, 2.45) is 0 Å². The van der Waals surface area contributed by atoms with Crippen molar-refractivity contribution in [2.45, 2.75) is 87.5 Å². The molecule has 2 saturated heterocycles. The molecule has 5 N–H and O–H groups in total. The van der Waals surface area contributed by atoms with E-state index in [2.05, 4.69) is 36.1 Å². The lowest BCUT2D eigenvalue weighted by molar-refractivity contribution is -0.209. The number of amides is 3. The molecule has 0 bridgehead atoms. The zero-order chi connectivity index (χ0) is 44.1. The highest BCUT2D eigenvalue weighted by molar-refractivity contribution is 5.85. The van der Waals surface area contributed by atoms with Gasteiger partial charge in [-0.2, -0.15) is 23.1 Å². The molecule has 5 atom stereocenters. The first kappa shape index (κ1) is 43.2. The van der Waals surface area contributed by atoms with Crippen molar-refractivity contribution in [3.05, 3.63) is 103 Å². The predicted molar refractivity (Wildman–Crippen MR) is 228 cm³/mol. The van der Waals surface area contributed by atoms with Gasteiger partial charge in [-0.05, 0) is 48.9 Å². The fraction of sp³-hybridized carbons (Fsp3) is 0.432. The van der Waals surface area contributed by atoms with Crippen LogP contribution in [0.1, 0.15) is 62.1 Å². The molecule has 8 rings (SSSR count). The first-order valence-electron chi connectivity index (χ1n) is 21.3. The number of esters is 1. The van der Waals surface area contributed by atoms with Crippen molar-refractivity contribution in [1.29, 1.82) is 0 Å². The molecule has 2 aromatic carbocycles. The Bertz CT molecular complexity index is 2310. The molecule has 1 aliphatic carbocycles. The van der Waals surface area contributed by atoms with Gasteiger partial charge >= 0.3 is 18.2 Å². The topological polar surface area (TPSA) is 192 Å². The largest absolute Gasteiger partial charge is 0.490 e. The molecule has 16 nitrogen and oxygen atoms in total. The summed E-state index contributed by atoms with van der Waals surface area (Å²) in [7, 11) is 0. The van der Waals surface area contributed by atoms with Crippen LogP contribution in [0.2, 0.25) is 0 Å². The van der Waals surface area contributed by atoms with E-state index < -0.39 is 42.3 Å². The Balaban J connectivity index is 1.04. The summed E-state index contributed by atoms with van der Waals surface area (Å²) in [5, 5.41) is 24.2. The van der Waals surface area contributed by atoms with Crippen LogP contribution in [0.3, 0.4) is 0 Å². The molecule has 5 heterocycles. The van der Waals surface area contributed by atoms with Gasteiger partial charge in [-0.3, -0.25) is 4.79 Å². The van der Waals surface area contributed by atoms with Crippen LogP contribution in [0.4, 0.5) is 35.5 Å². The average Bonchev–Trinajstić information content (AvgIpc) is 4.02. The fourth-order valence-corrected chi connectivity index (χ4v) is 8.71. The number of benzene rings is 2. The summed E-state index contributed by atoms with van der Waals surface area (Å²) in [6.45, 7) is 4.39. The molecule has 3 fully saturated rings. The van der Waals surface area contributed by atoms with Crippen molar-refractivity contribution in [2.75, 3.05) is 48.3 Å². The summed E-state index contributed by atoms with van der Waals surface area (Å²) >= 11 is 0. The van der Waals surface area contributed by atoms with Crippen LogP contribution in [-0.2, 0) is 14.3 Å². The van der Waals surface area contributed by atoms with E-state index in [1.807, 2.05) is 78.9 Å². The number of aliphatic hydroxyl groups excluding tert-OH is 1. The second kappa shape index (κ2) is 18.9. The van der Waals surface area contributed by atoms with Gasteiger partial charge in [-0.25, -0.2) is 19.6 Å². The number of carbonyl (C=O) groups excluding carboxylic acids is 3. The van der Waals surface area contributed by atoms with Gasteiger partial charge in [-0.15, -0.1) is 0 Å². The van der Waals surface area contributed by atoms with E-state index in [1.54, 1.807) is 18.0 Å². The number of nitrogens with zero attached hydrogens (tertiary/aromatic N) is 7. The Morgan fingerprint density at radius 2 is 1.56 bits per heavy atom. The van der Waals surface area contributed by atoms with Gasteiger partial charge < -0.3 is 45.5 Å². The molecule has 332 valence electrons. The number of halogens is 3. The molecular weight excluding hydrogens is 820 g/mol. The highest BCUT2D eigenvalue weighted by Crippen LogP contribution is 2.37. The fourth-order valence-electron chi connectivity index (χ4n) is 8.71. The molecule has 1 saturated carbocycles. The van der Waals surface area contributed by atoms with Gasteiger partial charge in [0.15, 0.2) is 23.1 Å². The van der Waals surface area contributed by atoms with Crippen molar-refractivity contribution >= 4 is 46.7 Å². The third-order valence-corrected chi connectivity index (χ3v) is 12.0. The third-order valence-electron chi connectivity index (χ3n) is 12.0. The number of rotatable bonds is 13. The standard InChI is InChI=1S/C44H50F3N11O5/c1-2-35(59)53-32-23-33(37(60)38(32)63-41(61)44(45,46)47)58-26-50-36-39(49-24-31(27-11-5-3-6-12-27)28-13-7-4-8-14-28)54-42(55-40(36)58)51-30-18-22-57(25-30)43(62)52-29-16-20-56(21-17-29)34-15-9-10-19-48-34/h3-15,19,26,29-33,37-38,60H,2,16-18,20-25H2,1H3,(H,52,62)(H,53,59)(H2,49,51,54,55)/t30-,32+,33-,37+,38-/m1/s1. The molecule has 3 aliphatic rings. The van der Waals surface area contributed by atoms with E-state index in [-0.39, 0.29) is 48.5 Å². The number of pyridine rings is 1. The zero-order valence-corrected chi connectivity index (χ0v) is 34.6. The van der Waals surface area contributed by atoms with Gasteiger partial charge in [0.25, 0.3) is 0 Å². The molecule has 19 heteroatoms. The maximum atomic E-state index is 13.5. The van der Waals surface area contributed by atoms with E-state index >= 15 is 0 Å². The van der Waals surface area contributed by atoms with Crippen LogP contribution in [0, 0.1) is 0 Å². The maximum Gasteiger partial charge on any atom is 0.490 e. The second-order valence-electron chi connectivity index (χ2n) is 16.1. The zero-order valence-electron chi connectivity index (χ0n) is 34.6. The number of nitrogens with one attached hydrogen (secondary N) is 4. The van der Waals surface area contributed by atoms with Crippen LogP contribution < -0.4 is 26.2 Å². The summed E-state index contributed by atoms with van der Waals surface area (Å²) in [5.74, 6) is -1.61. The number of urea groups is 1. The summed E-state index contributed by atoms with van der Waals surface area (Å²) in [6, 6.07) is 23.3. The minimum Gasteiger partial charge on any atom is -0.451 e. The minimum atomic E-state index is -5.32. The van der Waals surface area contributed by atoms with Gasteiger partial charge in [-0.1, -0.05) is 73.7 Å². The number of piperidine rings is 1. The quantitative estimate of drug-likeness (QED) is 0.0997. The molecule has 63 heavy (non-hydrogen) atoms. The lowest BCUT2D eigenvalue weighted by Crippen LogP contribution is -2.49. The van der Waals surface area contributed by atoms with E-state index in [0.717, 1.165) is 42.9 Å². The lowest BCUT2D eigenvalue weighted by Gasteiger charge is -2.33. The van der Waals surface area contributed by atoms with Crippen molar-refractivity contribution in [3.8, 4) is 0 Å². The van der Waals surface area contributed by atoms with Crippen LogP contribution in [0.25, 0.3) is 11.2 Å². The van der Waals surface area contributed by atoms with Gasteiger partial charge in [0.2, 0.25) is 11.9 Å². The number of aliphatic hydroxyl groups is 1. The first-order valence-corrected chi connectivity index (χ1v) is 21.3. The molecule has 3 aromatic heterocycles. The Hall–Kier alpha value is -6.50. The van der Waals surface area contributed by atoms with Crippen LogP contribution >= 0.6 is 0 Å². The number of likely N-dealkylation sites (tertiary alicyclic amines) is 1. The molecular formula is C44H50F3N11O5. The second-order valence-corrected chi connectivity index (χ2v) is 16.1. The Labute approximate surface area is 361 Å². The smallest absolute Gasteiger partial charge is 0.451 e. The van der Waals surface area contributed by atoms with Crippen LogP contribution in [0.15, 0.2) is 91.4 Å². The summed E-state index contributed by atoms with van der Waals surface area (Å²) in [4.78, 5) is 60.7. The Morgan fingerprint density at radius 3 is 2.21 bits per heavy atom. The number of alkyl halides is 3. The highest BCUT2D eigenvalue weighted by Gasteiger charge is 2.51. The number of ether oxygens (including phenoxy) is 1. The van der Waals surface area contributed by atoms with E-state index in [0.29, 0.717) is 37.4 Å². The lowest BCUT2D eigenvalue weighted by atomic mass is 9.91. The summed E-state index contributed by atoms with van der Waals surface area (Å²) in [5.41, 5.74) is 2.67. The molecule has 0 unspecified atom stereocenters. The molecule has 0 spiro atoms. The first-order chi connectivity index (χ1) is 30.4. The number of hydrogen-bond donors (Lipinski definition) is 5. The normalized spacial score (nSPS) is 21.7. The van der Waals surface area contributed by atoms with Crippen molar-refractivity contribution in [3.63, 3.8) is 0 Å². The Morgan fingerprint density at radius 1 is 0.873 bits per heavy atom. The number of hydrogen-bond acceptors (Lipinski definition) is 12. The van der Waals surface area contributed by atoms with E-state index in [9.17, 15) is 32.7 Å². The van der Waals surface area contributed by atoms with Gasteiger partial charge in [0.05, 0.1) is 18.4 Å². The number of imidazole rings is 1. The number of anilines is 3. The molecule has 2 aliphatic heterocycles. The summed E-state index contributed by atoms with van der Waals surface area (Å²) in [6.07, 6.45) is -3.43.